The number of aryl methyl sites for hydroxylation is 1. The van der Waals surface area contributed by atoms with Crippen molar-refractivity contribution in [3.63, 3.8) is 0 Å². The average Bonchev–Trinajstić information content (AvgIpc) is 2.89. The third kappa shape index (κ3) is 7.15. The van der Waals surface area contributed by atoms with Gasteiger partial charge in [-0.1, -0.05) is 6.07 Å². The van der Waals surface area contributed by atoms with Crippen LogP contribution in [0.2, 0.25) is 0 Å². The first-order chi connectivity index (χ1) is 18.3. The quantitative estimate of drug-likeness (QED) is 0.408. The highest BCUT2D eigenvalue weighted by atomic mass is 19.4. The highest BCUT2D eigenvalue weighted by Crippen LogP contribution is 2.34. The fraction of sp³-hybridized carbons (Fsp3) is 0.481. The molecule has 2 heterocycles. The Hall–Kier alpha value is -3.44. The zero-order valence-electron chi connectivity index (χ0n) is 21.4. The van der Waals surface area contributed by atoms with Crippen LogP contribution in [-0.4, -0.2) is 66.9 Å². The highest BCUT2D eigenvalue weighted by molar-refractivity contribution is 5.97. The number of carbonyl (C=O) groups is 2. The SMILES string of the molecule is Cc1ccc(NC2CCN(C(=O)CC(=O)N3CCN(c4ccc(C(F)(F)F)cc4)CC3)CC2)cc1C(F)(F)F. The van der Waals surface area contributed by atoms with Crippen molar-refractivity contribution in [1.82, 2.24) is 9.80 Å². The second-order valence-corrected chi connectivity index (χ2v) is 9.92. The van der Waals surface area contributed by atoms with Crippen molar-refractivity contribution in [1.29, 1.82) is 0 Å². The zero-order valence-corrected chi connectivity index (χ0v) is 21.4. The van der Waals surface area contributed by atoms with Crippen molar-refractivity contribution in [3.8, 4) is 0 Å². The molecule has 212 valence electrons. The largest absolute Gasteiger partial charge is 0.416 e. The van der Waals surface area contributed by atoms with Crippen molar-refractivity contribution in [2.75, 3.05) is 49.5 Å². The lowest BCUT2D eigenvalue weighted by atomic mass is 10.0. The van der Waals surface area contributed by atoms with E-state index in [1.807, 2.05) is 4.90 Å². The minimum absolute atomic E-state index is 0.0909. The molecule has 2 aliphatic rings. The number of rotatable bonds is 5. The molecule has 2 amide bonds. The van der Waals surface area contributed by atoms with Gasteiger partial charge >= 0.3 is 12.4 Å². The second kappa shape index (κ2) is 11.4. The van der Waals surface area contributed by atoms with Crippen LogP contribution in [0.4, 0.5) is 37.7 Å². The summed E-state index contributed by atoms with van der Waals surface area (Å²) in [6.45, 7) is 3.80. The van der Waals surface area contributed by atoms with Crippen molar-refractivity contribution in [2.24, 2.45) is 0 Å². The molecule has 2 fully saturated rings. The van der Waals surface area contributed by atoms with Crippen LogP contribution in [-0.2, 0) is 21.9 Å². The topological polar surface area (TPSA) is 55.9 Å². The summed E-state index contributed by atoms with van der Waals surface area (Å²) >= 11 is 0. The Labute approximate surface area is 222 Å². The molecule has 1 N–H and O–H groups in total. The first-order valence-electron chi connectivity index (χ1n) is 12.7. The summed E-state index contributed by atoms with van der Waals surface area (Å²) in [6, 6.07) is 8.94. The lowest BCUT2D eigenvalue weighted by Gasteiger charge is -2.37. The van der Waals surface area contributed by atoms with Crippen LogP contribution < -0.4 is 10.2 Å². The first-order valence-corrected chi connectivity index (χ1v) is 12.7. The number of amides is 2. The fourth-order valence-corrected chi connectivity index (χ4v) is 4.95. The standard InChI is InChI=1S/C27H30F6N4O2/c1-18-2-5-21(16-23(18)27(31,32)33)34-20-8-10-36(11-9-20)24(38)17-25(39)37-14-12-35(13-15-37)22-6-3-19(4-7-22)26(28,29)30/h2-7,16,20,34H,8-15,17H2,1H3. The molecule has 4 rings (SSSR count). The number of likely N-dealkylation sites (tertiary alicyclic amines) is 1. The monoisotopic (exact) mass is 556 g/mol. The van der Waals surface area contributed by atoms with Crippen molar-refractivity contribution < 1.29 is 35.9 Å². The van der Waals surface area contributed by atoms with Crippen molar-refractivity contribution in [3.05, 3.63) is 59.2 Å². The number of alkyl halides is 6. The van der Waals surface area contributed by atoms with Gasteiger partial charge in [-0.3, -0.25) is 9.59 Å². The maximum absolute atomic E-state index is 13.2. The van der Waals surface area contributed by atoms with Crippen LogP contribution in [0.15, 0.2) is 42.5 Å². The summed E-state index contributed by atoms with van der Waals surface area (Å²) in [5.74, 6) is -0.593. The summed E-state index contributed by atoms with van der Waals surface area (Å²) in [6.07, 6.45) is -8.02. The smallest absolute Gasteiger partial charge is 0.382 e. The predicted molar refractivity (Wildman–Crippen MR) is 134 cm³/mol. The molecule has 0 aliphatic carbocycles. The third-order valence-corrected chi connectivity index (χ3v) is 7.26. The van der Waals surface area contributed by atoms with Gasteiger partial charge in [0.2, 0.25) is 11.8 Å². The van der Waals surface area contributed by atoms with Crippen LogP contribution in [0.5, 0.6) is 0 Å². The lowest BCUT2D eigenvalue weighted by Crippen LogP contribution is -2.50. The summed E-state index contributed by atoms with van der Waals surface area (Å²) in [5.41, 5.74) is -0.228. The van der Waals surface area contributed by atoms with E-state index in [4.69, 9.17) is 0 Å². The van der Waals surface area contributed by atoms with Crippen LogP contribution in [0, 0.1) is 6.92 Å². The molecule has 0 bridgehead atoms. The summed E-state index contributed by atoms with van der Waals surface area (Å²) in [7, 11) is 0. The first kappa shape index (κ1) is 28.6. The Morgan fingerprint density at radius 1 is 0.795 bits per heavy atom. The number of piperidine rings is 1. The minimum Gasteiger partial charge on any atom is -0.382 e. The number of piperazine rings is 1. The number of halogens is 6. The summed E-state index contributed by atoms with van der Waals surface area (Å²) in [4.78, 5) is 30.5. The normalized spacial score (nSPS) is 17.4. The molecule has 39 heavy (non-hydrogen) atoms. The number of benzene rings is 2. The molecule has 2 aromatic rings. The molecule has 2 saturated heterocycles. The van der Waals surface area contributed by atoms with Gasteiger partial charge in [0.05, 0.1) is 11.1 Å². The van der Waals surface area contributed by atoms with Gasteiger partial charge in [0.25, 0.3) is 0 Å². The number of hydrogen-bond acceptors (Lipinski definition) is 4. The molecule has 0 saturated carbocycles. The maximum Gasteiger partial charge on any atom is 0.416 e. The third-order valence-electron chi connectivity index (χ3n) is 7.26. The molecule has 2 aromatic carbocycles. The van der Waals surface area contributed by atoms with Crippen LogP contribution in [0.3, 0.4) is 0 Å². The zero-order chi connectivity index (χ0) is 28.4. The number of nitrogens with zero attached hydrogens (tertiary/aromatic N) is 3. The fourth-order valence-electron chi connectivity index (χ4n) is 4.95. The van der Waals surface area contributed by atoms with Gasteiger partial charge in [-0.05, 0) is 61.7 Å². The number of hydrogen-bond donors (Lipinski definition) is 1. The lowest BCUT2D eigenvalue weighted by molar-refractivity contribution is -0.141. The van der Waals surface area contributed by atoms with E-state index in [0.29, 0.717) is 63.5 Å². The molecule has 0 aromatic heterocycles. The van der Waals surface area contributed by atoms with Gasteiger partial charge in [0.1, 0.15) is 6.42 Å². The van der Waals surface area contributed by atoms with Crippen LogP contribution in [0.25, 0.3) is 0 Å². The summed E-state index contributed by atoms with van der Waals surface area (Å²) in [5, 5.41) is 3.13. The number of nitrogens with one attached hydrogen (secondary N) is 1. The van der Waals surface area contributed by atoms with Crippen molar-refractivity contribution >= 4 is 23.2 Å². The molecule has 12 heteroatoms. The van der Waals surface area contributed by atoms with Gasteiger partial charge in [0, 0.05) is 56.7 Å². The molecule has 0 spiro atoms. The van der Waals surface area contributed by atoms with E-state index in [1.54, 1.807) is 15.9 Å². The molecule has 0 radical (unpaired) electrons. The Morgan fingerprint density at radius 2 is 1.36 bits per heavy atom. The molecule has 0 unspecified atom stereocenters. The van der Waals surface area contributed by atoms with E-state index < -0.39 is 23.5 Å². The van der Waals surface area contributed by atoms with E-state index in [2.05, 4.69) is 5.32 Å². The van der Waals surface area contributed by atoms with Gasteiger partial charge in [-0.2, -0.15) is 26.3 Å². The van der Waals surface area contributed by atoms with Crippen molar-refractivity contribution in [2.45, 2.75) is 44.6 Å². The molecule has 0 atom stereocenters. The number of anilines is 2. The highest BCUT2D eigenvalue weighted by Gasteiger charge is 2.33. The van der Waals surface area contributed by atoms with Crippen LogP contribution >= 0.6 is 0 Å². The Balaban J connectivity index is 1.21. The second-order valence-electron chi connectivity index (χ2n) is 9.92. The Morgan fingerprint density at radius 3 is 1.90 bits per heavy atom. The van der Waals surface area contributed by atoms with Gasteiger partial charge in [0.15, 0.2) is 0 Å². The van der Waals surface area contributed by atoms with Gasteiger partial charge in [-0.25, -0.2) is 0 Å². The van der Waals surface area contributed by atoms with E-state index >= 15 is 0 Å². The van der Waals surface area contributed by atoms with E-state index in [0.717, 1.165) is 18.2 Å². The molecule has 2 aliphatic heterocycles. The van der Waals surface area contributed by atoms with Gasteiger partial charge in [-0.15, -0.1) is 0 Å². The average molecular weight is 557 g/mol. The summed E-state index contributed by atoms with van der Waals surface area (Å²) < 4.78 is 77.9. The minimum atomic E-state index is -4.43. The van der Waals surface area contributed by atoms with Crippen LogP contribution in [0.1, 0.15) is 36.0 Å². The maximum atomic E-state index is 13.2. The van der Waals surface area contributed by atoms with E-state index in [9.17, 15) is 35.9 Å². The van der Waals surface area contributed by atoms with Gasteiger partial charge < -0.3 is 20.0 Å². The Kier molecular flexibility index (Phi) is 8.31. The molecular weight excluding hydrogens is 526 g/mol. The number of carbonyl (C=O) groups excluding carboxylic acids is 2. The van der Waals surface area contributed by atoms with E-state index in [-0.39, 0.29) is 29.8 Å². The predicted octanol–water partition coefficient (Wildman–Crippen LogP) is 5.17. The van der Waals surface area contributed by atoms with E-state index in [1.165, 1.54) is 25.1 Å². The molecule has 6 nitrogen and oxygen atoms in total. The molecular formula is C27H30F6N4O2. The Bertz CT molecular complexity index is 1170.